The number of carboxylic acids is 1. The highest BCUT2D eigenvalue weighted by atomic mass is 32.1. The maximum atomic E-state index is 10.8. The Labute approximate surface area is 92.3 Å². The van der Waals surface area contributed by atoms with E-state index in [0.717, 1.165) is 0 Å². The molecule has 0 aromatic carbocycles. The summed E-state index contributed by atoms with van der Waals surface area (Å²) in [6.07, 6.45) is 4.96. The summed E-state index contributed by atoms with van der Waals surface area (Å²) in [4.78, 5) is 15.3. The van der Waals surface area contributed by atoms with E-state index in [9.17, 15) is 4.79 Å². The Morgan fingerprint density at radius 1 is 1.60 bits per heavy atom. The van der Waals surface area contributed by atoms with Gasteiger partial charge in [0.05, 0.1) is 11.2 Å². The van der Waals surface area contributed by atoms with E-state index in [4.69, 9.17) is 5.11 Å². The number of rotatable bonds is 4. The molecule has 1 saturated carbocycles. The number of carboxylic acid groups (broad SMARTS) is 1. The van der Waals surface area contributed by atoms with Crippen LogP contribution in [0, 0.1) is 0 Å². The van der Waals surface area contributed by atoms with Crippen molar-refractivity contribution < 1.29 is 9.90 Å². The van der Waals surface area contributed by atoms with Crippen molar-refractivity contribution in [2.24, 2.45) is 0 Å². The van der Waals surface area contributed by atoms with Gasteiger partial charge in [-0.25, -0.2) is 9.78 Å². The number of aromatic carboxylic acids is 1. The molecule has 1 fully saturated rings. The van der Waals surface area contributed by atoms with E-state index in [1.807, 2.05) is 0 Å². The summed E-state index contributed by atoms with van der Waals surface area (Å²) in [5, 5.41) is 12.2. The first-order chi connectivity index (χ1) is 7.27. The van der Waals surface area contributed by atoms with E-state index in [1.165, 1.54) is 37.0 Å². The van der Waals surface area contributed by atoms with Gasteiger partial charge in [0.2, 0.25) is 0 Å². The lowest BCUT2D eigenvalue weighted by molar-refractivity contribution is 0.0700. The van der Waals surface area contributed by atoms with E-state index in [0.29, 0.717) is 23.2 Å². The van der Waals surface area contributed by atoms with Crippen LogP contribution in [0.15, 0.2) is 5.51 Å². The molecule has 0 radical (unpaired) electrons. The van der Waals surface area contributed by atoms with Crippen molar-refractivity contribution in [2.75, 3.05) is 0 Å². The van der Waals surface area contributed by atoms with Crippen LogP contribution in [-0.2, 0) is 6.54 Å². The molecule has 0 saturated heterocycles. The largest absolute Gasteiger partial charge is 0.477 e. The van der Waals surface area contributed by atoms with E-state index < -0.39 is 5.97 Å². The van der Waals surface area contributed by atoms with Crippen molar-refractivity contribution in [1.82, 2.24) is 10.3 Å². The number of carbonyl (C=O) groups is 1. The maximum absolute atomic E-state index is 10.8. The first-order valence-electron chi connectivity index (χ1n) is 5.16. The lowest BCUT2D eigenvalue weighted by Gasteiger charge is -2.10. The summed E-state index contributed by atoms with van der Waals surface area (Å²) in [5.41, 5.74) is 2.26. The van der Waals surface area contributed by atoms with Gasteiger partial charge < -0.3 is 10.4 Å². The predicted molar refractivity (Wildman–Crippen MR) is 58.2 cm³/mol. The SMILES string of the molecule is O=C(O)c1scnc1CNC1CCCC1. The van der Waals surface area contributed by atoms with Crippen LogP contribution in [0.4, 0.5) is 0 Å². The molecule has 1 aromatic heterocycles. The van der Waals surface area contributed by atoms with Crippen molar-refractivity contribution in [1.29, 1.82) is 0 Å². The third-order valence-electron chi connectivity index (χ3n) is 2.75. The fraction of sp³-hybridized carbons (Fsp3) is 0.600. The van der Waals surface area contributed by atoms with E-state index in [2.05, 4.69) is 10.3 Å². The van der Waals surface area contributed by atoms with Gasteiger partial charge in [0.1, 0.15) is 4.88 Å². The van der Waals surface area contributed by atoms with Gasteiger partial charge in [-0.2, -0.15) is 0 Å². The predicted octanol–water partition coefficient (Wildman–Crippen LogP) is 1.87. The van der Waals surface area contributed by atoms with Gasteiger partial charge in [0.15, 0.2) is 0 Å². The molecule has 0 unspecified atom stereocenters. The molecule has 2 rings (SSSR count). The molecule has 5 heteroatoms. The zero-order valence-corrected chi connectivity index (χ0v) is 9.22. The molecule has 0 aliphatic heterocycles. The van der Waals surface area contributed by atoms with Gasteiger partial charge in [-0.3, -0.25) is 0 Å². The van der Waals surface area contributed by atoms with Gasteiger partial charge >= 0.3 is 5.97 Å². The molecule has 1 heterocycles. The molecule has 0 amide bonds. The van der Waals surface area contributed by atoms with Crippen molar-refractivity contribution in [3.8, 4) is 0 Å². The highest BCUT2D eigenvalue weighted by Crippen LogP contribution is 2.19. The minimum Gasteiger partial charge on any atom is -0.477 e. The maximum Gasteiger partial charge on any atom is 0.347 e. The Kier molecular flexibility index (Phi) is 3.33. The molecule has 1 aliphatic rings. The van der Waals surface area contributed by atoms with E-state index in [1.54, 1.807) is 5.51 Å². The summed E-state index contributed by atoms with van der Waals surface area (Å²) in [5.74, 6) is -0.874. The van der Waals surface area contributed by atoms with Crippen LogP contribution in [0.25, 0.3) is 0 Å². The Hall–Kier alpha value is -0.940. The van der Waals surface area contributed by atoms with Gasteiger partial charge in [0.25, 0.3) is 0 Å². The zero-order valence-electron chi connectivity index (χ0n) is 8.40. The number of nitrogens with one attached hydrogen (secondary N) is 1. The lowest BCUT2D eigenvalue weighted by Crippen LogP contribution is -2.26. The Morgan fingerprint density at radius 2 is 2.33 bits per heavy atom. The first-order valence-corrected chi connectivity index (χ1v) is 6.04. The molecule has 1 aliphatic carbocycles. The molecule has 0 spiro atoms. The lowest BCUT2D eigenvalue weighted by atomic mass is 10.2. The zero-order chi connectivity index (χ0) is 10.7. The molecule has 82 valence electrons. The van der Waals surface area contributed by atoms with Crippen molar-refractivity contribution in [3.63, 3.8) is 0 Å². The monoisotopic (exact) mass is 226 g/mol. The number of thiazole rings is 1. The smallest absolute Gasteiger partial charge is 0.347 e. The van der Waals surface area contributed by atoms with Crippen molar-refractivity contribution in [3.05, 3.63) is 16.1 Å². The minimum absolute atomic E-state index is 0.362. The molecular formula is C10H14N2O2S. The van der Waals surface area contributed by atoms with Crippen LogP contribution in [0.2, 0.25) is 0 Å². The van der Waals surface area contributed by atoms with Crippen molar-refractivity contribution in [2.45, 2.75) is 38.3 Å². The molecule has 0 atom stereocenters. The summed E-state index contributed by atoms with van der Waals surface area (Å²) < 4.78 is 0. The molecule has 0 bridgehead atoms. The van der Waals surface area contributed by atoms with E-state index in [-0.39, 0.29) is 0 Å². The second-order valence-electron chi connectivity index (χ2n) is 3.80. The van der Waals surface area contributed by atoms with Crippen molar-refractivity contribution >= 4 is 17.3 Å². The molecular weight excluding hydrogens is 212 g/mol. The third-order valence-corrected chi connectivity index (χ3v) is 3.61. The Balaban J connectivity index is 1.92. The average Bonchev–Trinajstić information content (AvgIpc) is 2.86. The summed E-state index contributed by atoms with van der Waals surface area (Å²) in [6.45, 7) is 0.579. The summed E-state index contributed by atoms with van der Waals surface area (Å²) >= 11 is 1.19. The number of nitrogens with zero attached hydrogens (tertiary/aromatic N) is 1. The van der Waals surface area contributed by atoms with Gasteiger partial charge in [-0.1, -0.05) is 12.8 Å². The van der Waals surface area contributed by atoms with Crippen LogP contribution >= 0.6 is 11.3 Å². The molecule has 1 aromatic rings. The molecule has 15 heavy (non-hydrogen) atoms. The van der Waals surface area contributed by atoms with Crippen LogP contribution in [-0.4, -0.2) is 22.1 Å². The fourth-order valence-electron chi connectivity index (χ4n) is 1.94. The molecule has 4 nitrogen and oxygen atoms in total. The molecule has 2 N–H and O–H groups in total. The van der Waals surface area contributed by atoms with Crippen LogP contribution in [0.1, 0.15) is 41.0 Å². The fourth-order valence-corrected chi connectivity index (χ4v) is 2.59. The summed E-state index contributed by atoms with van der Waals surface area (Å²) in [6, 6.07) is 0.549. The second-order valence-corrected chi connectivity index (χ2v) is 4.65. The number of hydrogen-bond acceptors (Lipinski definition) is 4. The van der Waals surface area contributed by atoms with Gasteiger partial charge in [-0.15, -0.1) is 11.3 Å². The normalized spacial score (nSPS) is 17.1. The highest BCUT2D eigenvalue weighted by molar-refractivity contribution is 7.11. The second kappa shape index (κ2) is 4.72. The summed E-state index contributed by atoms with van der Waals surface area (Å²) in [7, 11) is 0. The third kappa shape index (κ3) is 2.54. The average molecular weight is 226 g/mol. The highest BCUT2D eigenvalue weighted by Gasteiger charge is 2.17. The van der Waals surface area contributed by atoms with Crippen LogP contribution in [0.3, 0.4) is 0 Å². The van der Waals surface area contributed by atoms with Gasteiger partial charge in [0, 0.05) is 12.6 Å². The van der Waals surface area contributed by atoms with E-state index >= 15 is 0 Å². The number of aromatic nitrogens is 1. The minimum atomic E-state index is -0.874. The topological polar surface area (TPSA) is 62.2 Å². The first kappa shape index (κ1) is 10.6. The standard InChI is InChI=1S/C10H14N2O2S/c13-10(14)9-8(12-6-15-9)5-11-7-3-1-2-4-7/h6-7,11H,1-5H2,(H,13,14). The van der Waals surface area contributed by atoms with Crippen LogP contribution in [0.5, 0.6) is 0 Å². The van der Waals surface area contributed by atoms with Crippen LogP contribution < -0.4 is 5.32 Å². The quantitative estimate of drug-likeness (QED) is 0.822. The van der Waals surface area contributed by atoms with Gasteiger partial charge in [-0.05, 0) is 12.8 Å². The number of hydrogen-bond donors (Lipinski definition) is 2. The Bertz CT molecular complexity index is 345. The Morgan fingerprint density at radius 3 is 3.00 bits per heavy atom.